The van der Waals surface area contributed by atoms with Gasteiger partial charge >= 0.3 is 12.1 Å². The standard InChI is InChI=1S/C11H20N4O2/c1-11(2,3)15-8-7(13(5)10(15)17)12(4)9(16)14(8)6/h7-8H,1-6H3/t7-,8-/m1/s1. The van der Waals surface area contributed by atoms with Crippen molar-refractivity contribution in [2.24, 2.45) is 0 Å². The molecule has 0 unspecified atom stereocenters. The van der Waals surface area contributed by atoms with Gasteiger partial charge in [0, 0.05) is 26.7 Å². The molecule has 0 N–H and O–H groups in total. The number of hydrogen-bond donors (Lipinski definition) is 0. The number of rotatable bonds is 0. The number of nitrogens with zero attached hydrogens (tertiary/aromatic N) is 4. The second-order valence-corrected chi connectivity index (χ2v) is 5.77. The molecule has 2 rings (SSSR count). The maximum Gasteiger partial charge on any atom is 0.323 e. The van der Waals surface area contributed by atoms with Crippen molar-refractivity contribution in [1.29, 1.82) is 0 Å². The predicted molar refractivity (Wildman–Crippen MR) is 63.2 cm³/mol. The van der Waals surface area contributed by atoms with E-state index in [9.17, 15) is 9.59 Å². The minimum atomic E-state index is -0.301. The first-order chi connectivity index (χ1) is 7.68. The fourth-order valence-electron chi connectivity index (χ4n) is 2.72. The molecule has 6 nitrogen and oxygen atoms in total. The van der Waals surface area contributed by atoms with Gasteiger partial charge in [0.25, 0.3) is 0 Å². The molecule has 0 saturated carbocycles. The van der Waals surface area contributed by atoms with Crippen molar-refractivity contribution in [2.75, 3.05) is 21.1 Å². The molecule has 2 aliphatic heterocycles. The van der Waals surface area contributed by atoms with Crippen molar-refractivity contribution < 1.29 is 9.59 Å². The summed E-state index contributed by atoms with van der Waals surface area (Å²) in [4.78, 5) is 30.8. The number of likely N-dealkylation sites (N-methyl/N-ethyl adjacent to an activating group) is 3. The molecular formula is C11H20N4O2. The summed E-state index contributed by atoms with van der Waals surface area (Å²) >= 11 is 0. The summed E-state index contributed by atoms with van der Waals surface area (Å²) in [6, 6.07) is -0.0766. The van der Waals surface area contributed by atoms with Crippen LogP contribution in [0.1, 0.15) is 20.8 Å². The smallest absolute Gasteiger partial charge is 0.303 e. The van der Waals surface area contributed by atoms with E-state index in [0.717, 1.165) is 0 Å². The van der Waals surface area contributed by atoms with E-state index in [1.165, 1.54) is 0 Å². The Labute approximate surface area is 102 Å². The number of carbonyl (C=O) groups excluding carboxylic acids is 2. The summed E-state index contributed by atoms with van der Waals surface area (Å²) in [5.41, 5.74) is -0.301. The lowest BCUT2D eigenvalue weighted by Crippen LogP contribution is -2.53. The van der Waals surface area contributed by atoms with Crippen molar-refractivity contribution >= 4 is 12.1 Å². The van der Waals surface area contributed by atoms with Gasteiger partial charge in [0.2, 0.25) is 0 Å². The fourth-order valence-corrected chi connectivity index (χ4v) is 2.72. The van der Waals surface area contributed by atoms with E-state index in [4.69, 9.17) is 0 Å². The highest BCUT2D eigenvalue weighted by Gasteiger charge is 2.58. The SMILES string of the molecule is CN1C(=O)N(C)[C@H]2[C@H]1N(C)C(=O)N2C(C)(C)C. The monoisotopic (exact) mass is 240 g/mol. The Morgan fingerprint density at radius 3 is 1.71 bits per heavy atom. The van der Waals surface area contributed by atoms with Crippen LogP contribution in [0.3, 0.4) is 0 Å². The maximum atomic E-state index is 12.3. The highest BCUT2D eigenvalue weighted by molar-refractivity contribution is 5.85. The lowest BCUT2D eigenvalue weighted by molar-refractivity contribution is 0.0811. The topological polar surface area (TPSA) is 47.1 Å². The summed E-state index contributed by atoms with van der Waals surface area (Å²) in [5.74, 6) is 0. The summed E-state index contributed by atoms with van der Waals surface area (Å²) in [6.07, 6.45) is -0.399. The molecule has 2 aliphatic rings. The minimum absolute atomic E-state index is 0.0290. The number of amides is 4. The second kappa shape index (κ2) is 3.27. The first kappa shape index (κ1) is 12.0. The molecule has 96 valence electrons. The third-order valence-corrected chi connectivity index (χ3v) is 3.56. The number of urea groups is 2. The van der Waals surface area contributed by atoms with Gasteiger partial charge in [-0.3, -0.25) is 4.90 Å². The van der Waals surface area contributed by atoms with Crippen LogP contribution in [-0.4, -0.2) is 70.7 Å². The molecule has 0 spiro atoms. The first-order valence-electron chi connectivity index (χ1n) is 5.73. The average molecular weight is 240 g/mol. The van der Waals surface area contributed by atoms with Gasteiger partial charge in [-0.05, 0) is 20.8 Å². The van der Waals surface area contributed by atoms with Gasteiger partial charge in [-0.2, -0.15) is 0 Å². The Hall–Kier alpha value is -1.46. The van der Waals surface area contributed by atoms with Crippen LogP contribution in [-0.2, 0) is 0 Å². The molecule has 2 fully saturated rings. The van der Waals surface area contributed by atoms with Gasteiger partial charge in [0.15, 0.2) is 0 Å². The van der Waals surface area contributed by atoms with Crippen molar-refractivity contribution in [3.8, 4) is 0 Å². The van der Waals surface area contributed by atoms with Gasteiger partial charge in [-0.25, -0.2) is 9.59 Å². The van der Waals surface area contributed by atoms with Gasteiger partial charge in [0.05, 0.1) is 0 Å². The van der Waals surface area contributed by atoms with E-state index < -0.39 is 0 Å². The second-order valence-electron chi connectivity index (χ2n) is 5.77. The normalized spacial score (nSPS) is 29.5. The Morgan fingerprint density at radius 1 is 0.824 bits per heavy atom. The maximum absolute atomic E-state index is 12.3. The highest BCUT2D eigenvalue weighted by atomic mass is 16.2. The average Bonchev–Trinajstić information content (AvgIpc) is 2.58. The van der Waals surface area contributed by atoms with E-state index >= 15 is 0 Å². The number of carbonyl (C=O) groups is 2. The molecule has 2 atom stereocenters. The minimum Gasteiger partial charge on any atom is -0.303 e. The number of hydrogen-bond acceptors (Lipinski definition) is 2. The van der Waals surface area contributed by atoms with E-state index in [2.05, 4.69) is 0 Å². The Morgan fingerprint density at radius 2 is 1.24 bits per heavy atom. The fraction of sp³-hybridized carbons (Fsp3) is 0.818. The van der Waals surface area contributed by atoms with Crippen LogP contribution < -0.4 is 0 Å². The first-order valence-corrected chi connectivity index (χ1v) is 5.73. The van der Waals surface area contributed by atoms with Gasteiger partial charge < -0.3 is 14.7 Å². The van der Waals surface area contributed by atoms with Crippen molar-refractivity contribution in [3.05, 3.63) is 0 Å². The Kier molecular flexibility index (Phi) is 2.31. The lowest BCUT2D eigenvalue weighted by atomic mass is 10.1. The molecule has 0 aliphatic carbocycles. The summed E-state index contributed by atoms with van der Waals surface area (Å²) in [7, 11) is 5.22. The Balaban J connectivity index is 2.45. The third kappa shape index (κ3) is 1.39. The number of fused-ring (bicyclic) bond motifs is 1. The van der Waals surface area contributed by atoms with E-state index in [1.807, 2.05) is 20.8 Å². The lowest BCUT2D eigenvalue weighted by Gasteiger charge is -2.37. The van der Waals surface area contributed by atoms with Crippen LogP contribution in [0.2, 0.25) is 0 Å². The molecule has 17 heavy (non-hydrogen) atoms. The largest absolute Gasteiger partial charge is 0.323 e. The van der Waals surface area contributed by atoms with Gasteiger partial charge in [-0.15, -0.1) is 0 Å². The zero-order valence-electron chi connectivity index (χ0n) is 11.3. The third-order valence-electron chi connectivity index (χ3n) is 3.56. The molecule has 0 aromatic rings. The van der Waals surface area contributed by atoms with E-state index in [1.54, 1.807) is 40.7 Å². The van der Waals surface area contributed by atoms with Gasteiger partial charge in [-0.1, -0.05) is 0 Å². The summed E-state index contributed by atoms with van der Waals surface area (Å²) in [6.45, 7) is 5.95. The highest BCUT2D eigenvalue weighted by Crippen LogP contribution is 2.36. The zero-order valence-corrected chi connectivity index (χ0v) is 11.3. The molecule has 0 radical (unpaired) electrons. The van der Waals surface area contributed by atoms with Crippen molar-refractivity contribution in [2.45, 2.75) is 38.6 Å². The molecule has 0 bridgehead atoms. The quantitative estimate of drug-likeness (QED) is 0.629. The Bertz CT molecular complexity index is 376. The van der Waals surface area contributed by atoms with Crippen molar-refractivity contribution in [1.82, 2.24) is 19.6 Å². The van der Waals surface area contributed by atoms with Crippen molar-refractivity contribution in [3.63, 3.8) is 0 Å². The molecule has 0 aromatic heterocycles. The van der Waals surface area contributed by atoms with Crippen LogP contribution in [0.25, 0.3) is 0 Å². The molecule has 4 amide bonds. The molecule has 2 heterocycles. The van der Waals surface area contributed by atoms with Crippen LogP contribution >= 0.6 is 0 Å². The predicted octanol–water partition coefficient (Wildman–Crippen LogP) is 0.802. The zero-order chi connectivity index (χ0) is 13.1. The summed E-state index contributed by atoms with van der Waals surface area (Å²) in [5, 5.41) is 0. The van der Waals surface area contributed by atoms with E-state index in [0.29, 0.717) is 0 Å². The molecular weight excluding hydrogens is 220 g/mol. The van der Waals surface area contributed by atoms with Crippen LogP contribution in [0.15, 0.2) is 0 Å². The molecule has 0 aromatic carbocycles. The van der Waals surface area contributed by atoms with E-state index in [-0.39, 0.29) is 29.9 Å². The van der Waals surface area contributed by atoms with Crippen LogP contribution in [0, 0.1) is 0 Å². The molecule has 6 heteroatoms. The molecule has 2 saturated heterocycles. The van der Waals surface area contributed by atoms with Crippen LogP contribution in [0.4, 0.5) is 9.59 Å². The van der Waals surface area contributed by atoms with Crippen LogP contribution in [0.5, 0.6) is 0 Å². The van der Waals surface area contributed by atoms with Gasteiger partial charge in [0.1, 0.15) is 12.3 Å². The summed E-state index contributed by atoms with van der Waals surface area (Å²) < 4.78 is 0.